The summed E-state index contributed by atoms with van der Waals surface area (Å²) in [6, 6.07) is 0. The third-order valence-electron chi connectivity index (χ3n) is 2.83. The van der Waals surface area contributed by atoms with E-state index in [2.05, 4.69) is 6.58 Å². The number of aliphatic carboxylic acids is 1. The van der Waals surface area contributed by atoms with Gasteiger partial charge in [-0.25, -0.2) is 4.79 Å². The van der Waals surface area contributed by atoms with Crippen molar-refractivity contribution >= 4 is 11.9 Å². The van der Waals surface area contributed by atoms with Gasteiger partial charge in [-0.1, -0.05) is 30.9 Å². The van der Waals surface area contributed by atoms with Gasteiger partial charge in [0.25, 0.3) is 0 Å². The first-order valence-corrected chi connectivity index (χ1v) is 5.96. The fraction of sp³-hybridized carbons (Fsp3) is 0.429. The molecule has 1 aliphatic heterocycles. The standard InChI is InChI=1S/C14H18O4/c1-3-4-5-6-7-8-9-11-12(13(15)16)10(2)14(17)18-11/h3-4,6-7,11-12H,2,5,8-9H2,1H3,(H,15,16)/b4-3+,7-6+/t11-,12+/m1/s1. The van der Waals surface area contributed by atoms with Gasteiger partial charge in [-0.2, -0.15) is 0 Å². The molecule has 1 saturated heterocycles. The molecule has 2 atom stereocenters. The van der Waals surface area contributed by atoms with Crippen LogP contribution in [0.2, 0.25) is 0 Å². The van der Waals surface area contributed by atoms with Crippen molar-refractivity contribution in [3.8, 4) is 0 Å². The molecule has 1 rings (SSSR count). The van der Waals surface area contributed by atoms with Gasteiger partial charge >= 0.3 is 11.9 Å². The molecule has 0 aliphatic carbocycles. The molecule has 0 amide bonds. The summed E-state index contributed by atoms with van der Waals surface area (Å²) in [6.07, 6.45) is 9.42. The first-order valence-electron chi connectivity index (χ1n) is 5.96. The summed E-state index contributed by atoms with van der Waals surface area (Å²) >= 11 is 0. The molecule has 4 heteroatoms. The lowest BCUT2D eigenvalue weighted by Gasteiger charge is -2.12. The monoisotopic (exact) mass is 250 g/mol. The number of hydrogen-bond donors (Lipinski definition) is 1. The maximum Gasteiger partial charge on any atom is 0.334 e. The number of allylic oxidation sites excluding steroid dienone is 4. The van der Waals surface area contributed by atoms with Gasteiger partial charge in [0.15, 0.2) is 0 Å². The summed E-state index contributed by atoms with van der Waals surface area (Å²) in [5.41, 5.74) is 0.0467. The number of carboxylic acids is 1. The molecule has 0 spiro atoms. The predicted octanol–water partition coefficient (Wildman–Crippen LogP) is 2.47. The molecule has 0 saturated carbocycles. The Morgan fingerprint density at radius 1 is 1.44 bits per heavy atom. The highest BCUT2D eigenvalue weighted by Gasteiger charge is 2.42. The Morgan fingerprint density at radius 3 is 2.78 bits per heavy atom. The van der Waals surface area contributed by atoms with Crippen LogP contribution in [0.15, 0.2) is 36.5 Å². The normalized spacial score (nSPS) is 24.1. The van der Waals surface area contributed by atoms with Crippen molar-refractivity contribution < 1.29 is 19.4 Å². The zero-order valence-corrected chi connectivity index (χ0v) is 10.5. The van der Waals surface area contributed by atoms with Crippen LogP contribution in [-0.2, 0) is 14.3 Å². The Bertz CT molecular complexity index is 393. The number of carbonyl (C=O) groups is 2. The van der Waals surface area contributed by atoms with Gasteiger partial charge in [-0.15, -0.1) is 0 Å². The second-order valence-electron chi connectivity index (χ2n) is 4.14. The number of cyclic esters (lactones) is 1. The SMILES string of the molecule is C=C1C(=O)O[C@H](CC/C=C/C/C=C/C)[C@H]1C(=O)O. The first kappa shape index (κ1) is 14.2. The Hall–Kier alpha value is -1.84. The zero-order valence-electron chi connectivity index (χ0n) is 10.5. The molecule has 4 nitrogen and oxygen atoms in total. The summed E-state index contributed by atoms with van der Waals surface area (Å²) < 4.78 is 5.01. The second kappa shape index (κ2) is 6.79. The van der Waals surface area contributed by atoms with Crippen molar-refractivity contribution in [3.05, 3.63) is 36.5 Å². The third kappa shape index (κ3) is 3.58. The highest BCUT2D eigenvalue weighted by molar-refractivity contribution is 5.97. The van der Waals surface area contributed by atoms with Gasteiger partial charge in [-0.05, 0) is 26.2 Å². The van der Waals surface area contributed by atoms with Gasteiger partial charge < -0.3 is 9.84 Å². The Kier molecular flexibility index (Phi) is 5.36. The molecule has 0 bridgehead atoms. The number of rotatable bonds is 6. The van der Waals surface area contributed by atoms with Gasteiger partial charge in [-0.3, -0.25) is 4.79 Å². The van der Waals surface area contributed by atoms with E-state index >= 15 is 0 Å². The van der Waals surface area contributed by atoms with Crippen molar-refractivity contribution in [1.29, 1.82) is 0 Å². The van der Waals surface area contributed by atoms with Gasteiger partial charge in [0.1, 0.15) is 12.0 Å². The van der Waals surface area contributed by atoms with Gasteiger partial charge in [0.2, 0.25) is 0 Å². The van der Waals surface area contributed by atoms with Crippen LogP contribution >= 0.6 is 0 Å². The van der Waals surface area contributed by atoms with Crippen molar-refractivity contribution in [1.82, 2.24) is 0 Å². The number of hydrogen-bond acceptors (Lipinski definition) is 3. The smallest absolute Gasteiger partial charge is 0.334 e. The highest BCUT2D eigenvalue weighted by Crippen LogP contribution is 2.29. The van der Waals surface area contributed by atoms with E-state index in [-0.39, 0.29) is 5.57 Å². The van der Waals surface area contributed by atoms with Crippen molar-refractivity contribution in [3.63, 3.8) is 0 Å². The van der Waals surface area contributed by atoms with Crippen molar-refractivity contribution in [2.75, 3.05) is 0 Å². The average Bonchev–Trinajstić information content (AvgIpc) is 2.59. The molecule has 1 heterocycles. The van der Waals surface area contributed by atoms with E-state index in [9.17, 15) is 9.59 Å². The minimum atomic E-state index is -1.05. The van der Waals surface area contributed by atoms with E-state index in [0.717, 1.165) is 6.42 Å². The van der Waals surface area contributed by atoms with Crippen LogP contribution in [0.5, 0.6) is 0 Å². The van der Waals surface area contributed by atoms with Crippen LogP contribution in [0.1, 0.15) is 26.2 Å². The topological polar surface area (TPSA) is 63.6 Å². The van der Waals surface area contributed by atoms with Crippen LogP contribution < -0.4 is 0 Å². The van der Waals surface area contributed by atoms with Gasteiger partial charge in [0, 0.05) is 5.57 Å². The van der Waals surface area contributed by atoms with Crippen LogP contribution in [0.25, 0.3) is 0 Å². The number of ether oxygens (including phenoxy) is 1. The molecule has 0 aromatic rings. The molecule has 0 aromatic heterocycles. The van der Waals surface area contributed by atoms with Crippen LogP contribution in [0.4, 0.5) is 0 Å². The highest BCUT2D eigenvalue weighted by atomic mass is 16.6. The molecular weight excluding hydrogens is 232 g/mol. The Labute approximate surface area is 107 Å². The average molecular weight is 250 g/mol. The maximum absolute atomic E-state index is 11.3. The lowest BCUT2D eigenvalue weighted by Crippen LogP contribution is -2.24. The number of carbonyl (C=O) groups excluding carboxylic acids is 1. The molecule has 0 radical (unpaired) electrons. The fourth-order valence-corrected chi connectivity index (χ4v) is 1.86. The lowest BCUT2D eigenvalue weighted by atomic mass is 9.94. The largest absolute Gasteiger partial charge is 0.481 e. The van der Waals surface area contributed by atoms with E-state index in [1.54, 1.807) is 0 Å². The van der Waals surface area contributed by atoms with Crippen LogP contribution in [0.3, 0.4) is 0 Å². The van der Waals surface area contributed by atoms with E-state index in [1.807, 2.05) is 31.2 Å². The number of carboxylic acid groups (broad SMARTS) is 1. The fourth-order valence-electron chi connectivity index (χ4n) is 1.86. The van der Waals surface area contributed by atoms with E-state index in [4.69, 9.17) is 9.84 Å². The lowest BCUT2D eigenvalue weighted by molar-refractivity contribution is -0.144. The van der Waals surface area contributed by atoms with Crippen LogP contribution in [0, 0.1) is 5.92 Å². The minimum absolute atomic E-state index is 0.0467. The first-order chi connectivity index (χ1) is 8.57. The van der Waals surface area contributed by atoms with Crippen molar-refractivity contribution in [2.45, 2.75) is 32.3 Å². The van der Waals surface area contributed by atoms with Crippen molar-refractivity contribution in [2.24, 2.45) is 5.92 Å². The van der Waals surface area contributed by atoms with E-state index in [1.165, 1.54) is 0 Å². The molecule has 1 aliphatic rings. The molecule has 1 N–H and O–H groups in total. The Balaban J connectivity index is 2.46. The predicted molar refractivity (Wildman–Crippen MR) is 68.0 cm³/mol. The zero-order chi connectivity index (χ0) is 13.5. The summed E-state index contributed by atoms with van der Waals surface area (Å²) in [5.74, 6) is -2.54. The van der Waals surface area contributed by atoms with E-state index in [0.29, 0.717) is 12.8 Å². The van der Waals surface area contributed by atoms with Crippen LogP contribution in [-0.4, -0.2) is 23.1 Å². The molecule has 1 fully saturated rings. The second-order valence-corrected chi connectivity index (χ2v) is 4.14. The maximum atomic E-state index is 11.3. The summed E-state index contributed by atoms with van der Waals surface area (Å²) in [6.45, 7) is 5.43. The summed E-state index contributed by atoms with van der Waals surface area (Å²) in [5, 5.41) is 9.02. The number of esters is 1. The molecule has 18 heavy (non-hydrogen) atoms. The molecule has 0 unspecified atom stereocenters. The Morgan fingerprint density at radius 2 is 2.17 bits per heavy atom. The third-order valence-corrected chi connectivity index (χ3v) is 2.83. The van der Waals surface area contributed by atoms with E-state index < -0.39 is 24.0 Å². The summed E-state index contributed by atoms with van der Waals surface area (Å²) in [7, 11) is 0. The molecule has 98 valence electrons. The quantitative estimate of drug-likeness (QED) is 0.447. The summed E-state index contributed by atoms with van der Waals surface area (Å²) in [4.78, 5) is 22.3. The molecule has 0 aromatic carbocycles. The van der Waals surface area contributed by atoms with Gasteiger partial charge in [0.05, 0.1) is 0 Å². The molecular formula is C14H18O4. The minimum Gasteiger partial charge on any atom is -0.481 e.